The summed E-state index contributed by atoms with van der Waals surface area (Å²) in [5, 5.41) is 8.56. The molecule has 5 heteroatoms. The van der Waals surface area contributed by atoms with Crippen LogP contribution in [0.2, 0.25) is 0 Å². The minimum atomic E-state index is -0.907. The maximum absolute atomic E-state index is 11.9. The number of rotatable bonds is 7. The minimum Gasteiger partial charge on any atom is -0.493 e. The molecular weight excluding hydrogens is 284 g/mol. The molecule has 2 rings (SSSR count). The summed E-state index contributed by atoms with van der Waals surface area (Å²) >= 11 is 0. The molecule has 5 nitrogen and oxygen atoms in total. The topological polar surface area (TPSA) is 76.7 Å². The second-order valence-electron chi connectivity index (χ2n) is 4.67. The van der Waals surface area contributed by atoms with Crippen LogP contribution in [0.3, 0.4) is 0 Å². The summed E-state index contributed by atoms with van der Waals surface area (Å²) in [4.78, 5) is 22.3. The van der Waals surface area contributed by atoms with Gasteiger partial charge in [-0.2, -0.15) is 0 Å². The van der Waals surface area contributed by atoms with Crippen LogP contribution >= 0.6 is 0 Å². The number of carboxylic acids is 1. The lowest BCUT2D eigenvalue weighted by atomic mass is 10.1. The van der Waals surface area contributed by atoms with Crippen LogP contribution in [-0.4, -0.2) is 23.5 Å². The van der Waals surface area contributed by atoms with Crippen molar-refractivity contribution in [2.45, 2.75) is 13.3 Å². The third-order valence-corrected chi connectivity index (χ3v) is 2.85. The van der Waals surface area contributed by atoms with Crippen molar-refractivity contribution in [3.8, 4) is 5.75 Å². The van der Waals surface area contributed by atoms with Crippen LogP contribution in [0.25, 0.3) is 6.08 Å². The summed E-state index contributed by atoms with van der Waals surface area (Å²) in [5.41, 5.74) is 0.782. The van der Waals surface area contributed by atoms with Crippen LogP contribution in [0.5, 0.6) is 5.75 Å². The standard InChI is InChI=1S/C17H16O5/c1-12-5-8-16(22-12)15(18)7-6-13-3-2-4-14(11-13)21-10-9-17(19)20/h2-8,11H,9-10H2,1H3,(H,19,20). The van der Waals surface area contributed by atoms with E-state index in [4.69, 9.17) is 14.3 Å². The van der Waals surface area contributed by atoms with Crippen LogP contribution in [-0.2, 0) is 4.79 Å². The van der Waals surface area contributed by atoms with E-state index < -0.39 is 5.97 Å². The van der Waals surface area contributed by atoms with E-state index in [9.17, 15) is 9.59 Å². The number of ether oxygens (including phenoxy) is 1. The zero-order chi connectivity index (χ0) is 15.9. The van der Waals surface area contributed by atoms with Gasteiger partial charge in [-0.3, -0.25) is 9.59 Å². The molecule has 22 heavy (non-hydrogen) atoms. The molecule has 0 unspecified atom stereocenters. The third kappa shape index (κ3) is 4.63. The fraction of sp³-hybridized carbons (Fsp3) is 0.176. The minimum absolute atomic E-state index is 0.0591. The number of benzene rings is 1. The van der Waals surface area contributed by atoms with Gasteiger partial charge in [-0.25, -0.2) is 0 Å². The van der Waals surface area contributed by atoms with Crippen molar-refractivity contribution in [2.75, 3.05) is 6.61 Å². The number of furan rings is 1. The van der Waals surface area contributed by atoms with Crippen LogP contribution in [0.1, 0.15) is 28.3 Å². The number of hydrogen-bond donors (Lipinski definition) is 1. The van der Waals surface area contributed by atoms with E-state index in [0.29, 0.717) is 17.3 Å². The zero-order valence-corrected chi connectivity index (χ0v) is 12.1. The number of hydrogen-bond acceptors (Lipinski definition) is 4. The molecule has 0 fully saturated rings. The predicted octanol–water partition coefficient (Wildman–Crippen LogP) is 3.34. The molecule has 0 amide bonds. The first-order valence-corrected chi connectivity index (χ1v) is 6.78. The highest BCUT2D eigenvalue weighted by atomic mass is 16.5. The first kappa shape index (κ1) is 15.6. The van der Waals surface area contributed by atoms with Gasteiger partial charge < -0.3 is 14.3 Å². The third-order valence-electron chi connectivity index (χ3n) is 2.85. The lowest BCUT2D eigenvalue weighted by molar-refractivity contribution is -0.137. The van der Waals surface area contributed by atoms with Crippen molar-refractivity contribution in [1.82, 2.24) is 0 Å². The maximum Gasteiger partial charge on any atom is 0.306 e. The van der Waals surface area contributed by atoms with E-state index in [1.807, 2.05) is 6.07 Å². The highest BCUT2D eigenvalue weighted by Crippen LogP contribution is 2.15. The number of aryl methyl sites for hydroxylation is 1. The van der Waals surface area contributed by atoms with Gasteiger partial charge in [-0.05, 0) is 42.8 Å². The Balaban J connectivity index is 1.98. The molecular formula is C17H16O5. The molecule has 0 radical (unpaired) electrons. The molecule has 0 saturated heterocycles. The molecule has 0 spiro atoms. The Bertz CT molecular complexity index is 697. The monoisotopic (exact) mass is 300 g/mol. The van der Waals surface area contributed by atoms with Crippen LogP contribution in [0.4, 0.5) is 0 Å². The number of ketones is 1. The van der Waals surface area contributed by atoms with Crippen LogP contribution < -0.4 is 4.74 Å². The fourth-order valence-corrected chi connectivity index (χ4v) is 1.79. The number of allylic oxidation sites excluding steroid dienone is 1. The lowest BCUT2D eigenvalue weighted by Crippen LogP contribution is -2.04. The Hall–Kier alpha value is -2.82. The average Bonchev–Trinajstić information content (AvgIpc) is 2.91. The predicted molar refractivity (Wildman–Crippen MR) is 81.0 cm³/mol. The first-order valence-electron chi connectivity index (χ1n) is 6.78. The molecule has 1 aromatic heterocycles. The maximum atomic E-state index is 11.9. The second-order valence-corrected chi connectivity index (χ2v) is 4.67. The number of carbonyl (C=O) groups excluding carboxylic acids is 1. The summed E-state index contributed by atoms with van der Waals surface area (Å²) in [6.45, 7) is 1.88. The summed E-state index contributed by atoms with van der Waals surface area (Å²) < 4.78 is 10.6. The van der Waals surface area contributed by atoms with Gasteiger partial charge >= 0.3 is 5.97 Å². The normalized spacial score (nSPS) is 10.8. The molecule has 0 bridgehead atoms. The van der Waals surface area contributed by atoms with E-state index >= 15 is 0 Å². The Morgan fingerprint density at radius 1 is 1.27 bits per heavy atom. The van der Waals surface area contributed by atoms with Crippen molar-refractivity contribution in [3.63, 3.8) is 0 Å². The molecule has 0 saturated carbocycles. The van der Waals surface area contributed by atoms with Crippen LogP contribution in [0, 0.1) is 6.92 Å². The molecule has 0 atom stereocenters. The molecule has 1 N–H and O–H groups in total. The van der Waals surface area contributed by atoms with Crippen molar-refractivity contribution in [3.05, 3.63) is 59.6 Å². The van der Waals surface area contributed by atoms with Crippen molar-refractivity contribution in [1.29, 1.82) is 0 Å². The largest absolute Gasteiger partial charge is 0.493 e. The Morgan fingerprint density at radius 2 is 2.09 bits per heavy atom. The van der Waals surface area contributed by atoms with E-state index in [2.05, 4.69) is 0 Å². The smallest absolute Gasteiger partial charge is 0.306 e. The average molecular weight is 300 g/mol. The lowest BCUT2D eigenvalue weighted by Gasteiger charge is -2.04. The molecule has 0 aliphatic carbocycles. The van der Waals surface area contributed by atoms with Gasteiger partial charge in [0, 0.05) is 0 Å². The molecule has 2 aromatic rings. The number of carboxylic acid groups (broad SMARTS) is 1. The molecule has 114 valence electrons. The summed E-state index contributed by atoms with van der Waals surface area (Å²) in [6, 6.07) is 10.4. The number of carbonyl (C=O) groups is 2. The van der Waals surface area contributed by atoms with Gasteiger partial charge in [0.15, 0.2) is 5.76 Å². The quantitative estimate of drug-likeness (QED) is 0.627. The number of aliphatic carboxylic acids is 1. The highest BCUT2D eigenvalue weighted by molar-refractivity contribution is 6.04. The van der Waals surface area contributed by atoms with Gasteiger partial charge in [0.25, 0.3) is 0 Å². The van der Waals surface area contributed by atoms with Gasteiger partial charge in [-0.1, -0.05) is 18.2 Å². The Labute approximate surface area is 127 Å². The summed E-state index contributed by atoms with van der Waals surface area (Å²) in [7, 11) is 0. The van der Waals surface area contributed by atoms with Gasteiger partial charge in [-0.15, -0.1) is 0 Å². The van der Waals surface area contributed by atoms with Crippen LogP contribution in [0.15, 0.2) is 46.9 Å². The van der Waals surface area contributed by atoms with Crippen molar-refractivity contribution in [2.24, 2.45) is 0 Å². The second kappa shape index (κ2) is 7.26. The van der Waals surface area contributed by atoms with Crippen molar-refractivity contribution < 1.29 is 23.8 Å². The van der Waals surface area contributed by atoms with E-state index in [-0.39, 0.29) is 18.8 Å². The van der Waals surface area contributed by atoms with Gasteiger partial charge in [0.2, 0.25) is 5.78 Å². The first-order chi connectivity index (χ1) is 10.5. The van der Waals surface area contributed by atoms with Crippen molar-refractivity contribution >= 4 is 17.8 Å². The summed E-state index contributed by atoms with van der Waals surface area (Å²) in [6.07, 6.45) is 3.02. The summed E-state index contributed by atoms with van der Waals surface area (Å²) in [5.74, 6) is 0.415. The highest BCUT2D eigenvalue weighted by Gasteiger charge is 2.06. The van der Waals surface area contributed by atoms with E-state index in [1.54, 1.807) is 43.3 Å². The molecule has 0 aliphatic rings. The Morgan fingerprint density at radius 3 is 2.77 bits per heavy atom. The zero-order valence-electron chi connectivity index (χ0n) is 12.1. The fourth-order valence-electron chi connectivity index (χ4n) is 1.79. The van der Waals surface area contributed by atoms with Gasteiger partial charge in [0.1, 0.15) is 11.5 Å². The molecule has 1 heterocycles. The van der Waals surface area contributed by atoms with E-state index in [0.717, 1.165) is 5.56 Å². The molecule has 0 aliphatic heterocycles. The van der Waals surface area contributed by atoms with Gasteiger partial charge in [0.05, 0.1) is 13.0 Å². The van der Waals surface area contributed by atoms with E-state index in [1.165, 1.54) is 6.08 Å². The SMILES string of the molecule is Cc1ccc(C(=O)C=Cc2cccc(OCCC(=O)O)c2)o1. The Kier molecular flexibility index (Phi) is 5.14. The molecule has 1 aromatic carbocycles.